The lowest BCUT2D eigenvalue weighted by atomic mass is 10.1. The van der Waals surface area contributed by atoms with E-state index in [1.807, 2.05) is 35.4 Å². The van der Waals surface area contributed by atoms with Crippen LogP contribution >= 0.6 is 21.6 Å². The van der Waals surface area contributed by atoms with Gasteiger partial charge in [-0.15, -0.1) is 0 Å². The number of carbonyl (C=O) groups excluding carboxylic acids is 4. The lowest BCUT2D eigenvalue weighted by Crippen LogP contribution is -2.44. The molecule has 0 aliphatic carbocycles. The molecule has 0 aromatic rings. The maximum atomic E-state index is 11.3. The number of hydrogen-bond acceptors (Lipinski definition) is 8. The van der Waals surface area contributed by atoms with E-state index in [-0.39, 0.29) is 49.3 Å². The Hall–Kier alpha value is -2.34. The summed E-state index contributed by atoms with van der Waals surface area (Å²) in [6.45, 7) is 3.87. The summed E-state index contributed by atoms with van der Waals surface area (Å²) in [6.07, 6.45) is 6.55. The number of amides is 4. The summed E-state index contributed by atoms with van der Waals surface area (Å²) in [6, 6.07) is -1.93. The molecule has 196 valence electrons. The number of carbonyl (C=O) groups is 6. The number of unbranched alkanes of at least 4 members (excludes halogenated alkanes) is 2. The molecule has 0 aromatic heterocycles. The molecule has 2 N–H and O–H groups in total. The van der Waals surface area contributed by atoms with Crippen molar-refractivity contribution in [1.29, 1.82) is 0 Å². The first-order valence-electron chi connectivity index (χ1n) is 11.7. The lowest BCUT2D eigenvalue weighted by Gasteiger charge is -2.22. The number of carboxylic acid groups (broad SMARTS) is 2. The zero-order chi connectivity index (χ0) is 26.4. The molecule has 4 amide bonds. The van der Waals surface area contributed by atoms with Gasteiger partial charge >= 0.3 is 11.9 Å². The molecule has 0 saturated carbocycles. The Morgan fingerprint density at radius 2 is 1.17 bits per heavy atom. The zero-order valence-electron chi connectivity index (χ0n) is 20.1. The average Bonchev–Trinajstić information content (AvgIpc) is 3.56. The van der Waals surface area contributed by atoms with Crippen molar-refractivity contribution < 1.29 is 39.0 Å². The smallest absolute Gasteiger partial charge is 0.326 e. The fourth-order valence-corrected chi connectivity index (χ4v) is 5.17. The predicted molar refractivity (Wildman–Crippen MR) is 133 cm³/mol. The third kappa shape index (κ3) is 10.0. The normalized spacial score (nSPS) is 18.7. The van der Waals surface area contributed by atoms with Crippen molar-refractivity contribution >= 4 is 57.2 Å². The summed E-state index contributed by atoms with van der Waals surface area (Å²) in [5, 5.41) is 20.0. The van der Waals surface area contributed by atoms with Crippen LogP contribution in [0, 0.1) is 0 Å². The van der Waals surface area contributed by atoms with Crippen molar-refractivity contribution in [3.05, 3.63) is 11.5 Å². The molecule has 3 rings (SSSR count). The molecule has 3 aliphatic rings. The number of rotatable bonds is 10. The monoisotopic (exact) mass is 530 g/mol. The van der Waals surface area contributed by atoms with Gasteiger partial charge in [0.15, 0.2) is 0 Å². The van der Waals surface area contributed by atoms with E-state index in [9.17, 15) is 28.8 Å². The van der Waals surface area contributed by atoms with Crippen molar-refractivity contribution in [2.45, 2.75) is 90.1 Å². The van der Waals surface area contributed by atoms with Gasteiger partial charge in [-0.3, -0.25) is 29.0 Å². The van der Waals surface area contributed by atoms with E-state index >= 15 is 0 Å². The molecule has 10 nitrogen and oxygen atoms in total. The molecule has 2 atom stereocenters. The molecule has 2 saturated heterocycles. The molecule has 0 radical (unpaired) electrons. The highest BCUT2D eigenvalue weighted by Crippen LogP contribution is 2.27. The standard InChI is InChI=1S/2C10H15NO4.C3H4S2/c2*1-2-3-4-7(10(14)15)11-8(12)5-6-9(11)13;1-2-4-5-3-1/h2*7H,2-6H2,1H3,(H,14,15);1-2H,3H2. The van der Waals surface area contributed by atoms with Crippen LogP contribution in [0.15, 0.2) is 11.5 Å². The van der Waals surface area contributed by atoms with Crippen LogP contribution in [0.1, 0.15) is 78.1 Å². The molecule has 3 heterocycles. The molecule has 12 heteroatoms. The Bertz CT molecular complexity index is 721. The summed E-state index contributed by atoms with van der Waals surface area (Å²) < 4.78 is 0. The van der Waals surface area contributed by atoms with Crippen LogP contribution in [0.4, 0.5) is 0 Å². The third-order valence-corrected chi connectivity index (χ3v) is 7.34. The number of hydrogen-bond donors (Lipinski definition) is 2. The first-order valence-corrected chi connectivity index (χ1v) is 14.1. The van der Waals surface area contributed by atoms with Crippen molar-refractivity contribution in [3.63, 3.8) is 0 Å². The van der Waals surface area contributed by atoms with E-state index in [4.69, 9.17) is 10.2 Å². The van der Waals surface area contributed by atoms with Crippen LogP contribution in [0.3, 0.4) is 0 Å². The summed E-state index contributed by atoms with van der Waals surface area (Å²) in [4.78, 5) is 69.0. The van der Waals surface area contributed by atoms with Crippen molar-refractivity contribution in [2.75, 3.05) is 5.75 Å². The van der Waals surface area contributed by atoms with Gasteiger partial charge in [-0.2, -0.15) is 0 Å². The van der Waals surface area contributed by atoms with Gasteiger partial charge in [0.2, 0.25) is 23.6 Å². The SMILES string of the molecule is C1=CSSC1.CCCCC(C(=O)O)N1C(=O)CCC1=O.CCCCC(C(=O)O)N1C(=O)CCC1=O. The lowest BCUT2D eigenvalue weighted by molar-refractivity contribution is -0.154. The Morgan fingerprint density at radius 1 is 0.800 bits per heavy atom. The van der Waals surface area contributed by atoms with Crippen molar-refractivity contribution in [3.8, 4) is 0 Å². The van der Waals surface area contributed by atoms with Crippen LogP contribution in [-0.2, 0) is 28.8 Å². The molecule has 2 fully saturated rings. The van der Waals surface area contributed by atoms with E-state index in [0.717, 1.165) is 22.6 Å². The summed E-state index contributed by atoms with van der Waals surface area (Å²) >= 11 is 0. The average molecular weight is 531 g/mol. The molecule has 0 bridgehead atoms. The Morgan fingerprint density at radius 3 is 1.37 bits per heavy atom. The van der Waals surface area contributed by atoms with Gasteiger partial charge in [0, 0.05) is 31.4 Å². The van der Waals surface area contributed by atoms with Gasteiger partial charge in [-0.1, -0.05) is 67.2 Å². The quantitative estimate of drug-likeness (QED) is 0.317. The minimum absolute atomic E-state index is 0.148. The second kappa shape index (κ2) is 16.4. The largest absolute Gasteiger partial charge is 0.480 e. The molecule has 3 aliphatic heterocycles. The fourth-order valence-electron chi connectivity index (χ4n) is 3.60. The van der Waals surface area contributed by atoms with Gasteiger partial charge in [-0.25, -0.2) is 9.59 Å². The minimum Gasteiger partial charge on any atom is -0.480 e. The minimum atomic E-state index is -1.09. The number of imide groups is 2. The van der Waals surface area contributed by atoms with E-state index in [1.165, 1.54) is 5.75 Å². The predicted octanol–water partition coefficient (Wildman–Crippen LogP) is 3.45. The molecule has 35 heavy (non-hydrogen) atoms. The highest BCUT2D eigenvalue weighted by molar-refractivity contribution is 8.78. The molecule has 0 aromatic carbocycles. The molecular formula is C23H34N2O8S2. The first kappa shape index (κ1) is 30.7. The Balaban J connectivity index is 0.000000292. The summed E-state index contributed by atoms with van der Waals surface area (Å²) in [7, 11) is 3.69. The van der Waals surface area contributed by atoms with Crippen molar-refractivity contribution in [2.24, 2.45) is 0 Å². The van der Waals surface area contributed by atoms with E-state index in [2.05, 4.69) is 11.5 Å². The molecular weight excluding hydrogens is 496 g/mol. The topological polar surface area (TPSA) is 149 Å². The van der Waals surface area contributed by atoms with E-state index in [1.54, 1.807) is 0 Å². The van der Waals surface area contributed by atoms with Crippen LogP contribution in [0.5, 0.6) is 0 Å². The Kier molecular flexibility index (Phi) is 14.3. The number of likely N-dealkylation sites (tertiary alicyclic amines) is 2. The van der Waals surface area contributed by atoms with Crippen LogP contribution in [-0.4, -0.2) is 73.4 Å². The van der Waals surface area contributed by atoms with E-state index in [0.29, 0.717) is 25.7 Å². The number of aliphatic carboxylic acids is 2. The fraction of sp³-hybridized carbons (Fsp3) is 0.652. The van der Waals surface area contributed by atoms with Gasteiger partial charge in [0.25, 0.3) is 0 Å². The molecule has 0 spiro atoms. The van der Waals surface area contributed by atoms with Crippen molar-refractivity contribution in [1.82, 2.24) is 9.80 Å². The summed E-state index contributed by atoms with van der Waals surface area (Å²) in [5.41, 5.74) is 0. The van der Waals surface area contributed by atoms with Crippen LogP contribution < -0.4 is 0 Å². The molecule has 2 unspecified atom stereocenters. The van der Waals surface area contributed by atoms with Gasteiger partial charge < -0.3 is 10.2 Å². The maximum absolute atomic E-state index is 11.3. The van der Waals surface area contributed by atoms with Gasteiger partial charge in [0.1, 0.15) is 12.1 Å². The van der Waals surface area contributed by atoms with Crippen LogP contribution in [0.25, 0.3) is 0 Å². The summed E-state index contributed by atoms with van der Waals surface area (Å²) in [5.74, 6) is -2.41. The first-order chi connectivity index (χ1) is 16.6. The highest BCUT2D eigenvalue weighted by atomic mass is 33.1. The third-order valence-electron chi connectivity index (χ3n) is 5.42. The van der Waals surface area contributed by atoms with Gasteiger partial charge in [-0.05, 0) is 18.2 Å². The Labute approximate surface area is 213 Å². The van der Waals surface area contributed by atoms with Gasteiger partial charge in [0.05, 0.1) is 0 Å². The van der Waals surface area contributed by atoms with E-state index < -0.39 is 24.0 Å². The maximum Gasteiger partial charge on any atom is 0.326 e. The van der Waals surface area contributed by atoms with Crippen LogP contribution in [0.2, 0.25) is 0 Å². The second-order valence-electron chi connectivity index (χ2n) is 8.06. The highest BCUT2D eigenvalue weighted by Gasteiger charge is 2.39. The number of nitrogens with zero attached hydrogens (tertiary/aromatic N) is 2. The zero-order valence-corrected chi connectivity index (χ0v) is 21.8. The second-order valence-corrected chi connectivity index (χ2v) is 10.4. The number of carboxylic acids is 2.